The Kier molecular flexibility index (Phi) is 4.30. The maximum atomic E-state index is 6.40. The molecule has 2 rings (SSSR count). The van der Waals surface area contributed by atoms with E-state index in [4.69, 9.17) is 22.1 Å². The van der Waals surface area contributed by atoms with Crippen molar-refractivity contribution >= 4 is 11.6 Å². The number of nitrogens with zero attached hydrogens (tertiary/aromatic N) is 2. The molecule has 18 heavy (non-hydrogen) atoms. The van der Waals surface area contributed by atoms with Crippen molar-refractivity contribution in [3.8, 4) is 0 Å². The molecule has 2 heterocycles. The SMILES string of the molecule is CCc1nn(C)c(CC2(CN)CCCOC2)c1Cl. The Morgan fingerprint density at radius 2 is 2.33 bits per heavy atom. The fourth-order valence-corrected chi connectivity index (χ4v) is 3.01. The van der Waals surface area contributed by atoms with Gasteiger partial charge in [0.05, 0.1) is 23.0 Å². The first kappa shape index (κ1) is 13.8. The molecule has 0 aromatic carbocycles. The van der Waals surface area contributed by atoms with E-state index in [0.29, 0.717) is 6.54 Å². The Morgan fingerprint density at radius 3 is 2.83 bits per heavy atom. The van der Waals surface area contributed by atoms with Gasteiger partial charge in [0.25, 0.3) is 0 Å². The van der Waals surface area contributed by atoms with Crippen LogP contribution in [-0.2, 0) is 24.6 Å². The molecular formula is C13H22ClN3O. The van der Waals surface area contributed by atoms with Gasteiger partial charge in [0, 0.05) is 25.6 Å². The maximum Gasteiger partial charge on any atom is 0.0849 e. The second-order valence-corrected chi connectivity index (χ2v) is 5.60. The highest BCUT2D eigenvalue weighted by molar-refractivity contribution is 6.31. The van der Waals surface area contributed by atoms with Gasteiger partial charge in [0.2, 0.25) is 0 Å². The molecule has 1 unspecified atom stereocenters. The summed E-state index contributed by atoms with van der Waals surface area (Å²) in [5.41, 5.74) is 8.06. The highest BCUT2D eigenvalue weighted by Crippen LogP contribution is 2.34. The normalized spacial score (nSPS) is 24.4. The molecule has 0 radical (unpaired) electrons. The minimum atomic E-state index is 0.0285. The van der Waals surface area contributed by atoms with Crippen molar-refractivity contribution in [1.82, 2.24) is 9.78 Å². The van der Waals surface area contributed by atoms with Crippen molar-refractivity contribution in [3.63, 3.8) is 0 Å². The summed E-state index contributed by atoms with van der Waals surface area (Å²) in [5, 5.41) is 5.27. The summed E-state index contributed by atoms with van der Waals surface area (Å²) < 4.78 is 7.50. The van der Waals surface area contributed by atoms with Gasteiger partial charge in [-0.2, -0.15) is 5.10 Å². The van der Waals surface area contributed by atoms with Crippen molar-refractivity contribution in [2.24, 2.45) is 18.2 Å². The van der Waals surface area contributed by atoms with Gasteiger partial charge < -0.3 is 10.5 Å². The zero-order valence-electron chi connectivity index (χ0n) is 11.2. The minimum absolute atomic E-state index is 0.0285. The second kappa shape index (κ2) is 5.59. The number of nitrogens with two attached hydrogens (primary N) is 1. The van der Waals surface area contributed by atoms with E-state index < -0.39 is 0 Å². The molecule has 0 bridgehead atoms. The molecule has 1 fully saturated rings. The lowest BCUT2D eigenvalue weighted by Crippen LogP contribution is -2.41. The third kappa shape index (κ3) is 2.56. The van der Waals surface area contributed by atoms with Crippen LogP contribution in [0.5, 0.6) is 0 Å². The average Bonchev–Trinajstić information content (AvgIpc) is 2.67. The van der Waals surface area contributed by atoms with Gasteiger partial charge in [-0.05, 0) is 25.7 Å². The Morgan fingerprint density at radius 1 is 1.56 bits per heavy atom. The zero-order valence-corrected chi connectivity index (χ0v) is 12.0. The van der Waals surface area contributed by atoms with E-state index in [1.54, 1.807) is 0 Å². The molecule has 0 saturated carbocycles. The van der Waals surface area contributed by atoms with Crippen LogP contribution in [0.3, 0.4) is 0 Å². The number of halogens is 1. The van der Waals surface area contributed by atoms with E-state index in [9.17, 15) is 0 Å². The molecule has 102 valence electrons. The van der Waals surface area contributed by atoms with Crippen LogP contribution in [0.2, 0.25) is 5.02 Å². The lowest BCUT2D eigenvalue weighted by Gasteiger charge is -2.36. The molecule has 1 aromatic heterocycles. The molecule has 1 aliphatic rings. The van der Waals surface area contributed by atoms with E-state index >= 15 is 0 Å². The van der Waals surface area contributed by atoms with E-state index in [1.165, 1.54) is 0 Å². The number of hydrogen-bond donors (Lipinski definition) is 1. The first-order chi connectivity index (χ1) is 8.62. The minimum Gasteiger partial charge on any atom is -0.381 e. The van der Waals surface area contributed by atoms with Gasteiger partial charge in [-0.15, -0.1) is 0 Å². The van der Waals surface area contributed by atoms with Gasteiger partial charge >= 0.3 is 0 Å². The van der Waals surface area contributed by atoms with Crippen molar-refractivity contribution in [2.45, 2.75) is 32.6 Å². The first-order valence-electron chi connectivity index (χ1n) is 6.60. The molecular weight excluding hydrogens is 250 g/mol. The molecule has 4 nitrogen and oxygen atoms in total. The number of aromatic nitrogens is 2. The second-order valence-electron chi connectivity index (χ2n) is 5.22. The van der Waals surface area contributed by atoms with Crippen LogP contribution in [0.4, 0.5) is 0 Å². The molecule has 5 heteroatoms. The van der Waals surface area contributed by atoms with Crippen LogP contribution in [0.1, 0.15) is 31.2 Å². The largest absolute Gasteiger partial charge is 0.381 e. The summed E-state index contributed by atoms with van der Waals surface area (Å²) in [5.74, 6) is 0. The van der Waals surface area contributed by atoms with E-state index in [0.717, 1.165) is 55.3 Å². The van der Waals surface area contributed by atoms with Gasteiger partial charge in [0.1, 0.15) is 0 Å². The zero-order chi connectivity index (χ0) is 13.2. The molecule has 1 aliphatic heterocycles. The monoisotopic (exact) mass is 271 g/mol. The van der Waals surface area contributed by atoms with E-state index in [-0.39, 0.29) is 5.41 Å². The molecule has 2 N–H and O–H groups in total. The molecule has 0 amide bonds. The molecule has 0 aliphatic carbocycles. The molecule has 1 saturated heterocycles. The fraction of sp³-hybridized carbons (Fsp3) is 0.769. The summed E-state index contributed by atoms with van der Waals surface area (Å²) in [7, 11) is 1.95. The average molecular weight is 272 g/mol. The number of rotatable bonds is 4. The summed E-state index contributed by atoms with van der Waals surface area (Å²) in [4.78, 5) is 0. The van der Waals surface area contributed by atoms with Gasteiger partial charge in [-0.1, -0.05) is 18.5 Å². The van der Waals surface area contributed by atoms with Crippen LogP contribution in [0.25, 0.3) is 0 Å². The third-order valence-electron chi connectivity index (χ3n) is 3.88. The lowest BCUT2D eigenvalue weighted by molar-refractivity contribution is -0.00351. The summed E-state index contributed by atoms with van der Waals surface area (Å²) >= 11 is 6.40. The molecule has 1 atom stereocenters. The fourth-order valence-electron chi connectivity index (χ4n) is 2.65. The van der Waals surface area contributed by atoms with Crippen LogP contribution in [0.15, 0.2) is 0 Å². The van der Waals surface area contributed by atoms with Crippen LogP contribution >= 0.6 is 11.6 Å². The Hall–Kier alpha value is -0.580. The molecule has 1 aromatic rings. The van der Waals surface area contributed by atoms with Gasteiger partial charge in [0.15, 0.2) is 0 Å². The maximum absolute atomic E-state index is 6.40. The highest BCUT2D eigenvalue weighted by atomic mass is 35.5. The smallest absolute Gasteiger partial charge is 0.0849 e. The Bertz CT molecular complexity index is 411. The molecule has 0 spiro atoms. The highest BCUT2D eigenvalue weighted by Gasteiger charge is 2.34. The standard InChI is InChI=1S/C13H22ClN3O/c1-3-10-12(14)11(17(2)16-10)7-13(8-15)5-4-6-18-9-13/h3-9,15H2,1-2H3. The summed E-state index contributed by atoms with van der Waals surface area (Å²) in [6.07, 6.45) is 3.89. The Labute approximate surface area is 113 Å². The predicted molar refractivity (Wildman–Crippen MR) is 72.8 cm³/mol. The van der Waals surface area contributed by atoms with Crippen LogP contribution in [0, 0.1) is 5.41 Å². The van der Waals surface area contributed by atoms with Crippen LogP contribution < -0.4 is 5.73 Å². The number of aryl methyl sites for hydroxylation is 2. The predicted octanol–water partition coefficient (Wildman–Crippen LogP) is 1.93. The number of hydrogen-bond acceptors (Lipinski definition) is 3. The summed E-state index contributed by atoms with van der Waals surface area (Å²) in [6, 6.07) is 0. The Balaban J connectivity index is 2.24. The quantitative estimate of drug-likeness (QED) is 0.911. The van der Waals surface area contributed by atoms with Crippen molar-refractivity contribution in [1.29, 1.82) is 0 Å². The third-order valence-corrected chi connectivity index (χ3v) is 4.32. The van der Waals surface area contributed by atoms with Crippen LogP contribution in [-0.4, -0.2) is 29.5 Å². The summed E-state index contributed by atoms with van der Waals surface area (Å²) in [6.45, 7) is 4.28. The van der Waals surface area contributed by atoms with Gasteiger partial charge in [-0.3, -0.25) is 4.68 Å². The van der Waals surface area contributed by atoms with Crippen molar-refractivity contribution < 1.29 is 4.74 Å². The lowest BCUT2D eigenvalue weighted by atomic mass is 9.78. The number of ether oxygens (including phenoxy) is 1. The van der Waals surface area contributed by atoms with E-state index in [2.05, 4.69) is 12.0 Å². The topological polar surface area (TPSA) is 53.1 Å². The van der Waals surface area contributed by atoms with E-state index in [1.807, 2.05) is 11.7 Å². The van der Waals surface area contributed by atoms with Crippen molar-refractivity contribution in [2.75, 3.05) is 19.8 Å². The van der Waals surface area contributed by atoms with Gasteiger partial charge in [-0.25, -0.2) is 0 Å². The van der Waals surface area contributed by atoms with Crippen molar-refractivity contribution in [3.05, 3.63) is 16.4 Å². The first-order valence-corrected chi connectivity index (χ1v) is 6.98.